The summed E-state index contributed by atoms with van der Waals surface area (Å²) in [5.41, 5.74) is 1.01. The molecule has 1 aliphatic rings. The van der Waals surface area contributed by atoms with Crippen LogP contribution in [-0.4, -0.2) is 31.7 Å². The van der Waals surface area contributed by atoms with Crippen LogP contribution >= 0.6 is 0 Å². The molecule has 2 aromatic carbocycles. The maximum absolute atomic E-state index is 13.2. The minimum absolute atomic E-state index is 0.113. The fourth-order valence-corrected chi connectivity index (χ4v) is 4.59. The summed E-state index contributed by atoms with van der Waals surface area (Å²) >= 11 is 0. The van der Waals surface area contributed by atoms with Gasteiger partial charge in [0.1, 0.15) is 0 Å². The van der Waals surface area contributed by atoms with Gasteiger partial charge < -0.3 is 5.32 Å². The van der Waals surface area contributed by atoms with Gasteiger partial charge in [-0.1, -0.05) is 18.6 Å². The Labute approximate surface area is 157 Å². The average molecular weight is 394 g/mol. The van der Waals surface area contributed by atoms with Crippen LogP contribution < -0.4 is 5.32 Å². The van der Waals surface area contributed by atoms with Crippen molar-refractivity contribution in [3.05, 3.63) is 65.2 Å². The number of anilines is 1. The largest absolute Gasteiger partial charge is 0.322 e. The van der Waals surface area contributed by atoms with Crippen LogP contribution in [0.3, 0.4) is 0 Å². The van der Waals surface area contributed by atoms with Gasteiger partial charge in [-0.3, -0.25) is 4.79 Å². The zero-order valence-electron chi connectivity index (χ0n) is 14.6. The third kappa shape index (κ3) is 4.90. The molecule has 1 N–H and O–H groups in total. The standard InChI is InChI=1S/C19H20F2N2O3S/c20-17-9-8-16(12-18(17)21)22-19(24)15-6-4-14(5-7-15)13-27(25,26)23-10-2-1-3-11-23/h4-9,12H,1-3,10-11,13H2,(H,22,24). The molecule has 0 atom stereocenters. The van der Waals surface area contributed by atoms with Crippen molar-refractivity contribution in [2.75, 3.05) is 18.4 Å². The third-order valence-electron chi connectivity index (χ3n) is 4.45. The number of rotatable bonds is 5. The van der Waals surface area contributed by atoms with E-state index in [1.165, 1.54) is 22.5 Å². The number of amides is 1. The number of halogens is 2. The van der Waals surface area contributed by atoms with E-state index in [1.54, 1.807) is 12.1 Å². The van der Waals surface area contributed by atoms with Crippen LogP contribution in [0.25, 0.3) is 0 Å². The first-order valence-corrected chi connectivity index (χ1v) is 10.3. The second kappa shape index (κ2) is 8.14. The number of nitrogens with one attached hydrogen (secondary N) is 1. The van der Waals surface area contributed by atoms with Gasteiger partial charge in [0, 0.05) is 30.4 Å². The minimum Gasteiger partial charge on any atom is -0.322 e. The molecule has 5 nitrogen and oxygen atoms in total. The molecule has 0 saturated carbocycles. The van der Waals surface area contributed by atoms with Gasteiger partial charge in [-0.2, -0.15) is 0 Å². The van der Waals surface area contributed by atoms with Crippen molar-refractivity contribution in [1.82, 2.24) is 4.31 Å². The number of sulfonamides is 1. The Bertz CT molecular complexity index is 924. The summed E-state index contributed by atoms with van der Waals surface area (Å²) in [6, 6.07) is 9.28. The maximum Gasteiger partial charge on any atom is 0.255 e. The first kappa shape index (κ1) is 19.4. The summed E-state index contributed by atoms with van der Waals surface area (Å²) in [6.45, 7) is 1.11. The fourth-order valence-electron chi connectivity index (χ4n) is 2.97. The monoisotopic (exact) mass is 394 g/mol. The van der Waals surface area contributed by atoms with Crippen LogP contribution in [0.1, 0.15) is 35.2 Å². The van der Waals surface area contributed by atoms with Crippen molar-refractivity contribution < 1.29 is 22.0 Å². The van der Waals surface area contributed by atoms with Gasteiger partial charge in [-0.05, 0) is 42.7 Å². The highest BCUT2D eigenvalue weighted by Crippen LogP contribution is 2.18. The molecule has 0 spiro atoms. The minimum atomic E-state index is -3.37. The first-order chi connectivity index (χ1) is 12.8. The lowest BCUT2D eigenvalue weighted by Crippen LogP contribution is -2.36. The Kier molecular flexibility index (Phi) is 5.86. The van der Waals surface area contributed by atoms with E-state index in [0.717, 1.165) is 31.4 Å². The molecule has 1 amide bonds. The maximum atomic E-state index is 13.2. The molecule has 1 aliphatic heterocycles. The average Bonchev–Trinajstić information content (AvgIpc) is 2.66. The van der Waals surface area contributed by atoms with E-state index in [1.807, 2.05) is 0 Å². The second-order valence-electron chi connectivity index (χ2n) is 6.50. The topological polar surface area (TPSA) is 66.5 Å². The van der Waals surface area contributed by atoms with Crippen LogP contribution in [0.4, 0.5) is 14.5 Å². The third-order valence-corrected chi connectivity index (χ3v) is 6.30. The van der Waals surface area contributed by atoms with Gasteiger partial charge in [0.05, 0.1) is 5.75 Å². The van der Waals surface area contributed by atoms with Gasteiger partial charge >= 0.3 is 0 Å². The second-order valence-corrected chi connectivity index (χ2v) is 8.46. The molecule has 0 radical (unpaired) electrons. The number of nitrogens with zero attached hydrogens (tertiary/aromatic N) is 1. The van der Waals surface area contributed by atoms with Crippen molar-refractivity contribution in [3.63, 3.8) is 0 Å². The number of benzene rings is 2. The zero-order valence-corrected chi connectivity index (χ0v) is 15.4. The van der Waals surface area contributed by atoms with Crippen LogP contribution in [0, 0.1) is 11.6 Å². The summed E-state index contributed by atoms with van der Waals surface area (Å²) in [5.74, 6) is -2.65. The number of hydrogen-bond donors (Lipinski definition) is 1. The van der Waals surface area contributed by atoms with E-state index < -0.39 is 27.6 Å². The molecule has 27 heavy (non-hydrogen) atoms. The van der Waals surface area contributed by atoms with Crippen molar-refractivity contribution >= 4 is 21.6 Å². The lowest BCUT2D eigenvalue weighted by atomic mass is 10.1. The Hall–Kier alpha value is -2.32. The summed E-state index contributed by atoms with van der Waals surface area (Å²) in [7, 11) is -3.37. The molecule has 0 bridgehead atoms. The molecule has 144 valence electrons. The van der Waals surface area contributed by atoms with Crippen molar-refractivity contribution in [3.8, 4) is 0 Å². The van der Waals surface area contributed by atoms with E-state index in [9.17, 15) is 22.0 Å². The zero-order chi connectivity index (χ0) is 19.4. The highest BCUT2D eigenvalue weighted by atomic mass is 32.2. The van der Waals surface area contributed by atoms with Crippen molar-refractivity contribution in [2.24, 2.45) is 0 Å². The van der Waals surface area contributed by atoms with Gasteiger partial charge in [0.2, 0.25) is 10.0 Å². The van der Waals surface area contributed by atoms with Gasteiger partial charge in [0.25, 0.3) is 5.91 Å². The fraction of sp³-hybridized carbons (Fsp3) is 0.316. The molecule has 1 fully saturated rings. The molecule has 0 unspecified atom stereocenters. The molecule has 1 saturated heterocycles. The number of hydrogen-bond acceptors (Lipinski definition) is 3. The predicted octanol–water partition coefficient (Wildman–Crippen LogP) is 3.53. The SMILES string of the molecule is O=C(Nc1ccc(F)c(F)c1)c1ccc(CS(=O)(=O)N2CCCCC2)cc1. The Balaban J connectivity index is 1.65. The van der Waals surface area contributed by atoms with Gasteiger partial charge in [-0.25, -0.2) is 21.5 Å². The summed E-state index contributed by atoms with van der Waals surface area (Å²) in [4.78, 5) is 12.2. The van der Waals surface area contributed by atoms with Crippen LogP contribution in [0.2, 0.25) is 0 Å². The van der Waals surface area contributed by atoms with Gasteiger partial charge in [-0.15, -0.1) is 0 Å². The number of carbonyl (C=O) groups excluding carboxylic acids is 1. The van der Waals surface area contributed by atoms with Crippen molar-refractivity contribution in [1.29, 1.82) is 0 Å². The normalized spacial score (nSPS) is 15.5. The Morgan fingerprint density at radius 2 is 1.63 bits per heavy atom. The lowest BCUT2D eigenvalue weighted by Gasteiger charge is -2.25. The molecule has 0 aromatic heterocycles. The molecule has 2 aromatic rings. The van der Waals surface area contributed by atoms with Crippen LogP contribution in [0.5, 0.6) is 0 Å². The van der Waals surface area contributed by atoms with E-state index in [2.05, 4.69) is 5.32 Å². The highest BCUT2D eigenvalue weighted by Gasteiger charge is 2.24. The highest BCUT2D eigenvalue weighted by molar-refractivity contribution is 7.88. The molecule has 3 rings (SSSR count). The number of piperidine rings is 1. The van der Waals surface area contributed by atoms with E-state index in [4.69, 9.17) is 0 Å². The first-order valence-electron chi connectivity index (χ1n) is 8.68. The molecular formula is C19H20F2N2O3S. The summed E-state index contributed by atoms with van der Waals surface area (Å²) in [6.07, 6.45) is 2.80. The predicted molar refractivity (Wildman–Crippen MR) is 98.8 cm³/mol. The summed E-state index contributed by atoms with van der Waals surface area (Å²) in [5, 5.41) is 2.47. The quantitative estimate of drug-likeness (QED) is 0.844. The smallest absolute Gasteiger partial charge is 0.255 e. The van der Waals surface area contributed by atoms with Crippen LogP contribution in [0.15, 0.2) is 42.5 Å². The van der Waals surface area contributed by atoms with E-state index in [0.29, 0.717) is 24.2 Å². The summed E-state index contributed by atoms with van der Waals surface area (Å²) < 4.78 is 52.6. The van der Waals surface area contributed by atoms with Gasteiger partial charge in [0.15, 0.2) is 11.6 Å². The molecule has 0 aliphatic carbocycles. The Morgan fingerprint density at radius 1 is 0.963 bits per heavy atom. The van der Waals surface area contributed by atoms with E-state index >= 15 is 0 Å². The Morgan fingerprint density at radius 3 is 2.26 bits per heavy atom. The lowest BCUT2D eigenvalue weighted by molar-refractivity contribution is 0.102. The number of carbonyl (C=O) groups is 1. The molecular weight excluding hydrogens is 374 g/mol. The molecule has 8 heteroatoms. The molecule has 1 heterocycles. The van der Waals surface area contributed by atoms with E-state index in [-0.39, 0.29) is 11.4 Å². The van der Waals surface area contributed by atoms with Crippen LogP contribution in [-0.2, 0) is 15.8 Å². The van der Waals surface area contributed by atoms with Crippen molar-refractivity contribution in [2.45, 2.75) is 25.0 Å².